The summed E-state index contributed by atoms with van der Waals surface area (Å²) in [5.41, 5.74) is 7.74. The molecule has 0 aliphatic carbocycles. The van der Waals surface area contributed by atoms with Crippen LogP contribution in [0.15, 0.2) is 30.9 Å². The number of imide groups is 1. The van der Waals surface area contributed by atoms with E-state index in [2.05, 4.69) is 6.58 Å². The number of nitrogens with zero attached hydrogens (tertiary/aromatic N) is 1. The molecular weight excluding hydrogens is 296 g/mol. The van der Waals surface area contributed by atoms with Crippen molar-refractivity contribution in [3.63, 3.8) is 0 Å². The van der Waals surface area contributed by atoms with E-state index in [0.717, 1.165) is 23.0 Å². The van der Waals surface area contributed by atoms with Crippen LogP contribution in [-0.2, 0) is 27.3 Å². The van der Waals surface area contributed by atoms with Crippen molar-refractivity contribution in [1.29, 1.82) is 0 Å². The Balaban J connectivity index is 2.75. The zero-order valence-corrected chi connectivity index (χ0v) is 13.5. The van der Waals surface area contributed by atoms with E-state index < -0.39 is 17.8 Å². The molecular formula is C17H22N2O4. The molecule has 0 saturated heterocycles. The summed E-state index contributed by atoms with van der Waals surface area (Å²) in [6.45, 7) is 6.70. The van der Waals surface area contributed by atoms with Gasteiger partial charge in [-0.15, -0.1) is 0 Å². The van der Waals surface area contributed by atoms with E-state index in [4.69, 9.17) is 10.5 Å². The van der Waals surface area contributed by atoms with Crippen LogP contribution in [0.3, 0.4) is 0 Å². The lowest BCUT2D eigenvalue weighted by Crippen LogP contribution is -2.37. The Bertz CT molecular complexity index is 611. The number of hydrogen-bond donors (Lipinski definition) is 1. The highest BCUT2D eigenvalue weighted by molar-refractivity contribution is 5.99. The van der Waals surface area contributed by atoms with E-state index in [1.165, 1.54) is 6.92 Å². The van der Waals surface area contributed by atoms with Gasteiger partial charge in [0.1, 0.15) is 6.61 Å². The number of carbonyl (C=O) groups excluding carboxylic acids is 3. The summed E-state index contributed by atoms with van der Waals surface area (Å²) in [4.78, 5) is 36.0. The topological polar surface area (TPSA) is 89.7 Å². The average Bonchev–Trinajstić information content (AvgIpc) is 2.56. The molecule has 6 heteroatoms. The number of amides is 2. The van der Waals surface area contributed by atoms with Crippen molar-refractivity contribution in [3.8, 4) is 0 Å². The summed E-state index contributed by atoms with van der Waals surface area (Å²) in [7, 11) is 0. The first kappa shape index (κ1) is 18.6. The third kappa shape index (κ3) is 5.03. The van der Waals surface area contributed by atoms with Gasteiger partial charge in [-0.25, -0.2) is 4.79 Å². The molecule has 23 heavy (non-hydrogen) atoms. The molecule has 6 nitrogen and oxygen atoms in total. The number of aryl methyl sites for hydroxylation is 1. The molecule has 0 bridgehead atoms. The molecule has 0 aromatic heterocycles. The van der Waals surface area contributed by atoms with Crippen LogP contribution >= 0.6 is 0 Å². The van der Waals surface area contributed by atoms with Gasteiger partial charge in [0.05, 0.1) is 12.1 Å². The predicted octanol–water partition coefficient (Wildman–Crippen LogP) is 1.43. The zero-order valence-electron chi connectivity index (χ0n) is 13.5. The first-order valence-electron chi connectivity index (χ1n) is 7.38. The lowest BCUT2D eigenvalue weighted by Gasteiger charge is -2.17. The van der Waals surface area contributed by atoms with Crippen LogP contribution in [0.2, 0.25) is 0 Å². The summed E-state index contributed by atoms with van der Waals surface area (Å²) in [5.74, 6) is -1.47. The van der Waals surface area contributed by atoms with Gasteiger partial charge in [0, 0.05) is 13.5 Å². The molecule has 0 saturated carbocycles. The van der Waals surface area contributed by atoms with Gasteiger partial charge in [0.2, 0.25) is 5.91 Å². The normalized spacial score (nSPS) is 10.0. The fourth-order valence-corrected chi connectivity index (χ4v) is 2.05. The van der Waals surface area contributed by atoms with Gasteiger partial charge in [-0.2, -0.15) is 0 Å². The Morgan fingerprint density at radius 3 is 2.57 bits per heavy atom. The second-order valence-electron chi connectivity index (χ2n) is 4.90. The molecule has 2 N–H and O–H groups in total. The highest BCUT2D eigenvalue weighted by Gasteiger charge is 2.17. The Labute approximate surface area is 135 Å². The molecule has 2 amide bonds. The third-order valence-electron chi connectivity index (χ3n) is 3.39. The first-order chi connectivity index (χ1) is 10.9. The van der Waals surface area contributed by atoms with Crippen LogP contribution in [0.5, 0.6) is 0 Å². The minimum absolute atomic E-state index is 0.0165. The number of esters is 1. The molecule has 0 atom stereocenters. The molecule has 0 radical (unpaired) electrons. The zero-order chi connectivity index (χ0) is 17.4. The monoisotopic (exact) mass is 318 g/mol. The van der Waals surface area contributed by atoms with Gasteiger partial charge < -0.3 is 10.5 Å². The predicted molar refractivity (Wildman–Crippen MR) is 86.6 cm³/mol. The molecule has 0 heterocycles. The van der Waals surface area contributed by atoms with Crippen molar-refractivity contribution in [1.82, 2.24) is 4.90 Å². The van der Waals surface area contributed by atoms with E-state index in [9.17, 15) is 14.4 Å². The van der Waals surface area contributed by atoms with E-state index in [0.29, 0.717) is 11.1 Å². The number of carbonyl (C=O) groups is 3. The summed E-state index contributed by atoms with van der Waals surface area (Å²) >= 11 is 0. The maximum absolute atomic E-state index is 12.2. The first-order valence-corrected chi connectivity index (χ1v) is 7.38. The fraction of sp³-hybridized carbons (Fsp3) is 0.353. The van der Waals surface area contributed by atoms with E-state index in [1.54, 1.807) is 12.1 Å². The maximum Gasteiger partial charge on any atom is 0.338 e. The molecule has 1 aromatic rings. The number of nitrogens with two attached hydrogens (primary N) is 1. The van der Waals surface area contributed by atoms with Gasteiger partial charge in [0.15, 0.2) is 0 Å². The summed E-state index contributed by atoms with van der Waals surface area (Å²) in [6.07, 6.45) is 1.83. The number of ether oxygens (including phenoxy) is 1. The lowest BCUT2D eigenvalue weighted by atomic mass is 10.0. The Hall–Kier alpha value is -2.47. The second kappa shape index (κ2) is 8.85. The molecule has 1 aromatic carbocycles. The smallest absolute Gasteiger partial charge is 0.338 e. The lowest BCUT2D eigenvalue weighted by molar-refractivity contribution is -0.141. The third-order valence-corrected chi connectivity index (χ3v) is 3.39. The summed E-state index contributed by atoms with van der Waals surface area (Å²) < 4.78 is 5.17. The minimum atomic E-state index is -0.524. The minimum Gasteiger partial charge on any atom is -0.460 e. The SMILES string of the molecule is C=CC(=O)N(CCOC(=O)c1cc(CC)ccc1CN)C(C)=O. The number of benzene rings is 1. The highest BCUT2D eigenvalue weighted by atomic mass is 16.5. The van der Waals surface area contributed by atoms with Crippen molar-refractivity contribution < 1.29 is 19.1 Å². The van der Waals surface area contributed by atoms with Crippen LogP contribution in [0.4, 0.5) is 0 Å². The number of rotatable bonds is 7. The Morgan fingerprint density at radius 2 is 2.04 bits per heavy atom. The van der Waals surface area contributed by atoms with Gasteiger partial charge in [-0.1, -0.05) is 25.6 Å². The van der Waals surface area contributed by atoms with Gasteiger partial charge in [0.25, 0.3) is 5.91 Å². The molecule has 124 valence electrons. The van der Waals surface area contributed by atoms with Crippen LogP contribution in [0, 0.1) is 0 Å². The van der Waals surface area contributed by atoms with Gasteiger partial charge in [-0.3, -0.25) is 14.5 Å². The van der Waals surface area contributed by atoms with Crippen molar-refractivity contribution in [3.05, 3.63) is 47.5 Å². The van der Waals surface area contributed by atoms with E-state index in [-0.39, 0.29) is 19.7 Å². The van der Waals surface area contributed by atoms with Crippen LogP contribution < -0.4 is 5.73 Å². The molecule has 0 fully saturated rings. The van der Waals surface area contributed by atoms with Gasteiger partial charge >= 0.3 is 5.97 Å². The van der Waals surface area contributed by atoms with Crippen molar-refractivity contribution in [2.45, 2.75) is 26.8 Å². The quantitative estimate of drug-likeness (QED) is 0.607. The van der Waals surface area contributed by atoms with Crippen molar-refractivity contribution in [2.24, 2.45) is 5.73 Å². The van der Waals surface area contributed by atoms with Crippen LogP contribution in [0.25, 0.3) is 0 Å². The van der Waals surface area contributed by atoms with E-state index in [1.807, 2.05) is 13.0 Å². The molecule has 0 aliphatic heterocycles. The molecule has 0 aliphatic rings. The molecule has 1 rings (SSSR count). The van der Waals surface area contributed by atoms with Crippen molar-refractivity contribution >= 4 is 17.8 Å². The van der Waals surface area contributed by atoms with Crippen molar-refractivity contribution in [2.75, 3.05) is 13.2 Å². The largest absolute Gasteiger partial charge is 0.460 e. The Kier molecular flexibility index (Phi) is 7.15. The number of hydrogen-bond acceptors (Lipinski definition) is 5. The van der Waals surface area contributed by atoms with Crippen LogP contribution in [-0.4, -0.2) is 35.8 Å². The fourth-order valence-electron chi connectivity index (χ4n) is 2.05. The summed E-state index contributed by atoms with van der Waals surface area (Å²) in [5, 5.41) is 0. The van der Waals surface area contributed by atoms with Gasteiger partial charge in [-0.05, 0) is 29.7 Å². The Morgan fingerprint density at radius 1 is 1.35 bits per heavy atom. The molecule has 0 unspecified atom stereocenters. The maximum atomic E-state index is 12.2. The standard InChI is InChI=1S/C17H22N2O4/c1-4-13-6-7-14(11-18)15(10-13)17(22)23-9-8-19(12(3)20)16(21)5-2/h5-7,10H,2,4,8-9,11,18H2,1,3H3. The average molecular weight is 318 g/mol. The highest BCUT2D eigenvalue weighted by Crippen LogP contribution is 2.14. The van der Waals surface area contributed by atoms with Crippen LogP contribution in [0.1, 0.15) is 35.3 Å². The summed E-state index contributed by atoms with van der Waals surface area (Å²) in [6, 6.07) is 5.47. The second-order valence-corrected chi connectivity index (χ2v) is 4.90. The van der Waals surface area contributed by atoms with E-state index >= 15 is 0 Å². The molecule has 0 spiro atoms.